The number of hydrogen-bond donors (Lipinski definition) is 1. The van der Waals surface area contributed by atoms with Crippen LogP contribution in [0.3, 0.4) is 0 Å². The Hall–Kier alpha value is -1.30. The molecule has 0 aromatic heterocycles. The lowest BCUT2D eigenvalue weighted by Gasteiger charge is -2.33. The van der Waals surface area contributed by atoms with Gasteiger partial charge in [0, 0.05) is 25.3 Å². The monoisotopic (exact) mass is 369 g/mol. The van der Waals surface area contributed by atoms with Gasteiger partial charge in [-0.15, -0.1) is 0 Å². The van der Waals surface area contributed by atoms with Crippen molar-refractivity contribution >= 4 is 40.7 Å². The lowest BCUT2D eigenvalue weighted by Crippen LogP contribution is -2.47. The SMILES string of the molecule is CN(C(=O)C1CCN(c2ccc(Cl)c(Cl)c2)C1=O)C1CCNCC1. The zero-order chi connectivity index (χ0) is 17.3. The minimum Gasteiger partial charge on any atom is -0.342 e. The quantitative estimate of drug-likeness (QED) is 0.833. The number of benzene rings is 1. The molecule has 7 heteroatoms. The van der Waals surface area contributed by atoms with Crippen LogP contribution in [-0.2, 0) is 9.59 Å². The van der Waals surface area contributed by atoms with Crippen LogP contribution >= 0.6 is 23.2 Å². The fourth-order valence-corrected chi connectivity index (χ4v) is 3.73. The maximum absolute atomic E-state index is 12.8. The molecule has 2 saturated heterocycles. The van der Waals surface area contributed by atoms with Crippen molar-refractivity contribution in [1.29, 1.82) is 0 Å². The first-order valence-electron chi connectivity index (χ1n) is 8.23. The van der Waals surface area contributed by atoms with Crippen molar-refractivity contribution in [3.05, 3.63) is 28.2 Å². The number of hydrogen-bond acceptors (Lipinski definition) is 3. The van der Waals surface area contributed by atoms with Gasteiger partial charge in [0.15, 0.2) is 0 Å². The lowest BCUT2D eigenvalue weighted by molar-refractivity contribution is -0.140. The van der Waals surface area contributed by atoms with Crippen LogP contribution in [0.1, 0.15) is 19.3 Å². The molecular weight excluding hydrogens is 349 g/mol. The smallest absolute Gasteiger partial charge is 0.239 e. The molecule has 24 heavy (non-hydrogen) atoms. The van der Waals surface area contributed by atoms with Gasteiger partial charge in [-0.2, -0.15) is 0 Å². The molecule has 2 heterocycles. The standard InChI is InChI=1S/C17H21Cl2N3O2/c1-21(11-4-7-20-8-5-11)16(23)13-6-9-22(17(13)24)12-2-3-14(18)15(19)10-12/h2-3,10-11,13,20H,4-9H2,1H3. The Balaban J connectivity index is 1.70. The lowest BCUT2D eigenvalue weighted by atomic mass is 10.0. The third-order valence-corrected chi connectivity index (χ3v) is 5.66. The molecule has 5 nitrogen and oxygen atoms in total. The van der Waals surface area contributed by atoms with Crippen molar-refractivity contribution < 1.29 is 9.59 Å². The molecule has 3 rings (SSSR count). The van der Waals surface area contributed by atoms with Crippen LogP contribution in [0.25, 0.3) is 0 Å². The Kier molecular flexibility index (Phi) is 5.33. The van der Waals surface area contributed by atoms with Crippen LogP contribution in [0.4, 0.5) is 5.69 Å². The van der Waals surface area contributed by atoms with E-state index in [0.717, 1.165) is 25.9 Å². The molecule has 1 atom stereocenters. The number of carbonyl (C=O) groups excluding carboxylic acids is 2. The molecule has 2 aliphatic rings. The van der Waals surface area contributed by atoms with Gasteiger partial charge in [0.1, 0.15) is 5.92 Å². The Morgan fingerprint density at radius 1 is 1.21 bits per heavy atom. The molecule has 2 aliphatic heterocycles. The van der Waals surface area contributed by atoms with Gasteiger partial charge in [0.25, 0.3) is 0 Å². The summed E-state index contributed by atoms with van der Waals surface area (Å²) in [5.74, 6) is -0.826. The second kappa shape index (κ2) is 7.30. The Labute approximate surface area is 151 Å². The zero-order valence-electron chi connectivity index (χ0n) is 13.6. The summed E-state index contributed by atoms with van der Waals surface area (Å²) in [4.78, 5) is 28.9. The molecule has 0 saturated carbocycles. The van der Waals surface area contributed by atoms with Crippen LogP contribution in [0.2, 0.25) is 10.0 Å². The number of carbonyl (C=O) groups is 2. The third kappa shape index (κ3) is 3.39. The summed E-state index contributed by atoms with van der Waals surface area (Å²) in [6.45, 7) is 2.35. The fraction of sp³-hybridized carbons (Fsp3) is 0.529. The van der Waals surface area contributed by atoms with Gasteiger partial charge < -0.3 is 15.1 Å². The normalized spacial score (nSPS) is 22.0. The van der Waals surface area contributed by atoms with Crippen molar-refractivity contribution in [3.63, 3.8) is 0 Å². The summed E-state index contributed by atoms with van der Waals surface area (Å²) >= 11 is 12.0. The highest BCUT2D eigenvalue weighted by Gasteiger charge is 2.40. The van der Waals surface area contributed by atoms with Gasteiger partial charge in [-0.25, -0.2) is 0 Å². The number of amides is 2. The third-order valence-electron chi connectivity index (χ3n) is 4.92. The first-order valence-corrected chi connectivity index (χ1v) is 8.98. The van der Waals surface area contributed by atoms with Gasteiger partial charge in [0.2, 0.25) is 11.8 Å². The number of anilines is 1. The van der Waals surface area contributed by atoms with Gasteiger partial charge in [-0.3, -0.25) is 9.59 Å². The molecule has 2 fully saturated rings. The van der Waals surface area contributed by atoms with E-state index in [-0.39, 0.29) is 17.9 Å². The van der Waals surface area contributed by atoms with Crippen molar-refractivity contribution in [3.8, 4) is 0 Å². The van der Waals surface area contributed by atoms with E-state index in [2.05, 4.69) is 5.32 Å². The number of piperidine rings is 1. The molecule has 1 N–H and O–H groups in total. The molecule has 2 amide bonds. The average Bonchev–Trinajstić information content (AvgIpc) is 2.98. The summed E-state index contributed by atoms with van der Waals surface area (Å²) in [6, 6.07) is 5.31. The minimum atomic E-state index is -0.598. The van der Waals surface area contributed by atoms with Gasteiger partial charge in [-0.05, 0) is 50.6 Å². The van der Waals surface area contributed by atoms with Crippen molar-refractivity contribution in [2.75, 3.05) is 31.6 Å². The molecule has 1 aromatic rings. The van der Waals surface area contributed by atoms with Gasteiger partial charge in [-0.1, -0.05) is 23.2 Å². The van der Waals surface area contributed by atoms with Gasteiger partial charge >= 0.3 is 0 Å². The van der Waals surface area contributed by atoms with E-state index in [9.17, 15) is 9.59 Å². The summed E-state index contributed by atoms with van der Waals surface area (Å²) in [6.07, 6.45) is 2.40. The molecule has 0 spiro atoms. The number of halogens is 2. The maximum atomic E-state index is 12.8. The fourth-order valence-electron chi connectivity index (χ4n) is 3.44. The molecule has 0 radical (unpaired) electrons. The molecule has 1 aromatic carbocycles. The first-order chi connectivity index (χ1) is 11.5. The Morgan fingerprint density at radius 3 is 2.58 bits per heavy atom. The summed E-state index contributed by atoms with van der Waals surface area (Å²) in [5, 5.41) is 4.14. The highest BCUT2D eigenvalue weighted by atomic mass is 35.5. The molecule has 130 valence electrons. The van der Waals surface area contributed by atoms with Crippen molar-refractivity contribution in [2.24, 2.45) is 5.92 Å². The highest BCUT2D eigenvalue weighted by molar-refractivity contribution is 6.42. The van der Waals surface area contributed by atoms with Crippen molar-refractivity contribution in [2.45, 2.75) is 25.3 Å². The zero-order valence-corrected chi connectivity index (χ0v) is 15.1. The second-order valence-corrected chi connectivity index (χ2v) is 7.17. The maximum Gasteiger partial charge on any atom is 0.239 e. The largest absolute Gasteiger partial charge is 0.342 e. The van der Waals surface area contributed by atoms with Crippen LogP contribution < -0.4 is 10.2 Å². The Bertz CT molecular complexity index is 647. The number of rotatable bonds is 3. The molecular formula is C17H21Cl2N3O2. The summed E-state index contributed by atoms with van der Waals surface area (Å²) in [5.41, 5.74) is 0.689. The van der Waals surface area contributed by atoms with Gasteiger partial charge in [0.05, 0.1) is 10.0 Å². The minimum absolute atomic E-state index is 0.0746. The predicted molar refractivity (Wildman–Crippen MR) is 95.6 cm³/mol. The van der Waals surface area contributed by atoms with E-state index in [0.29, 0.717) is 28.7 Å². The first kappa shape index (κ1) is 17.5. The molecule has 0 aliphatic carbocycles. The van der Waals surface area contributed by atoms with E-state index < -0.39 is 5.92 Å². The highest BCUT2D eigenvalue weighted by Crippen LogP contribution is 2.32. The average molecular weight is 370 g/mol. The van der Waals surface area contributed by atoms with Crippen LogP contribution in [-0.4, -0.2) is 49.4 Å². The van der Waals surface area contributed by atoms with Crippen LogP contribution in [0.15, 0.2) is 18.2 Å². The van der Waals surface area contributed by atoms with Crippen LogP contribution in [0, 0.1) is 5.92 Å². The molecule has 0 bridgehead atoms. The topological polar surface area (TPSA) is 52.7 Å². The predicted octanol–water partition coefficient (Wildman–Crippen LogP) is 2.56. The number of nitrogens with one attached hydrogen (secondary N) is 1. The van der Waals surface area contributed by atoms with E-state index in [1.807, 2.05) is 7.05 Å². The second-order valence-electron chi connectivity index (χ2n) is 6.36. The van der Waals surface area contributed by atoms with E-state index >= 15 is 0 Å². The summed E-state index contributed by atoms with van der Waals surface area (Å²) in [7, 11) is 1.81. The number of nitrogens with zero attached hydrogens (tertiary/aromatic N) is 2. The van der Waals surface area contributed by atoms with Crippen molar-refractivity contribution in [1.82, 2.24) is 10.2 Å². The molecule has 1 unspecified atom stereocenters. The van der Waals surface area contributed by atoms with E-state index in [4.69, 9.17) is 23.2 Å². The van der Waals surface area contributed by atoms with E-state index in [1.54, 1.807) is 28.0 Å². The summed E-state index contributed by atoms with van der Waals surface area (Å²) < 4.78 is 0. The Morgan fingerprint density at radius 2 is 1.92 bits per heavy atom. The van der Waals surface area contributed by atoms with E-state index in [1.165, 1.54) is 0 Å². The van der Waals surface area contributed by atoms with Crippen LogP contribution in [0.5, 0.6) is 0 Å².